The van der Waals surface area contributed by atoms with Gasteiger partial charge >= 0.3 is 12.4 Å². The lowest BCUT2D eigenvalue weighted by Crippen LogP contribution is -2.18. The van der Waals surface area contributed by atoms with Crippen LogP contribution < -0.4 is 5.32 Å². The Morgan fingerprint density at radius 3 is 2.29 bits per heavy atom. The second-order valence-corrected chi connectivity index (χ2v) is 7.09. The standard InChI is InChI=1S/C19H9ClF6N6O2/c20-10-5-6-11(15-29-31-32-30-15)12(7-10)27-16(33)13-14(19(24,25)26)34-17(28-13)8-1-3-9(4-2-8)18(21,22)23/h1-7H,(H,27,33)(H,29,30,31,32). The summed E-state index contributed by atoms with van der Waals surface area (Å²) in [5, 5.41) is 15.5. The fraction of sp³-hybridized carbons (Fsp3) is 0.105. The molecule has 0 aliphatic rings. The minimum atomic E-state index is -5.13. The SMILES string of the molecule is O=C(Nc1cc(Cl)ccc1-c1nn[nH]n1)c1nc(-c2ccc(C(F)(F)F)cc2)oc1C(F)(F)F. The third kappa shape index (κ3) is 4.71. The molecule has 8 nitrogen and oxygen atoms in total. The van der Waals surface area contributed by atoms with Gasteiger partial charge in [-0.2, -0.15) is 31.6 Å². The smallest absolute Gasteiger partial charge is 0.431 e. The van der Waals surface area contributed by atoms with Crippen LogP contribution >= 0.6 is 11.6 Å². The Bertz CT molecular complexity index is 1330. The normalized spacial score (nSPS) is 12.1. The van der Waals surface area contributed by atoms with E-state index in [-0.39, 0.29) is 27.7 Å². The average Bonchev–Trinajstić information content (AvgIpc) is 3.43. The van der Waals surface area contributed by atoms with Gasteiger partial charge in [0.05, 0.1) is 11.3 Å². The number of amides is 1. The number of nitrogens with zero attached hydrogens (tertiary/aromatic N) is 4. The highest BCUT2D eigenvalue weighted by Crippen LogP contribution is 2.37. The Balaban J connectivity index is 1.72. The number of aromatic amines is 1. The molecule has 0 aliphatic carbocycles. The van der Waals surface area contributed by atoms with Crippen molar-refractivity contribution in [3.63, 3.8) is 0 Å². The van der Waals surface area contributed by atoms with Crippen molar-refractivity contribution in [3.05, 3.63) is 64.5 Å². The second kappa shape index (κ2) is 8.44. The molecule has 176 valence electrons. The van der Waals surface area contributed by atoms with Gasteiger partial charge in [-0.1, -0.05) is 11.6 Å². The summed E-state index contributed by atoms with van der Waals surface area (Å²) in [5.41, 5.74) is -2.22. The Morgan fingerprint density at radius 2 is 1.71 bits per heavy atom. The Hall–Kier alpha value is -3.94. The van der Waals surface area contributed by atoms with Crippen LogP contribution in [0.4, 0.5) is 32.0 Å². The zero-order valence-corrected chi connectivity index (χ0v) is 17.0. The van der Waals surface area contributed by atoms with E-state index < -0.39 is 41.2 Å². The number of tetrazole rings is 1. The molecule has 4 rings (SSSR count). The predicted octanol–water partition coefficient (Wildman–Crippen LogP) is 5.47. The van der Waals surface area contributed by atoms with Crippen LogP contribution in [0.25, 0.3) is 22.8 Å². The van der Waals surface area contributed by atoms with Gasteiger partial charge in [-0.3, -0.25) is 4.79 Å². The molecule has 2 aromatic heterocycles. The van der Waals surface area contributed by atoms with Gasteiger partial charge in [0.1, 0.15) is 0 Å². The fourth-order valence-corrected chi connectivity index (χ4v) is 3.04. The van der Waals surface area contributed by atoms with Gasteiger partial charge in [0.25, 0.3) is 5.91 Å². The Kier molecular flexibility index (Phi) is 5.77. The lowest BCUT2D eigenvalue weighted by molar-refractivity contribution is -0.153. The van der Waals surface area contributed by atoms with Gasteiger partial charge in [0.2, 0.25) is 17.5 Å². The number of benzene rings is 2. The fourth-order valence-electron chi connectivity index (χ4n) is 2.86. The topological polar surface area (TPSA) is 110 Å². The summed E-state index contributed by atoms with van der Waals surface area (Å²) in [7, 11) is 0. The summed E-state index contributed by atoms with van der Waals surface area (Å²) in [6.07, 6.45) is -9.78. The van der Waals surface area contributed by atoms with Crippen LogP contribution in [-0.2, 0) is 12.4 Å². The van der Waals surface area contributed by atoms with E-state index in [1.165, 1.54) is 18.2 Å². The summed E-state index contributed by atoms with van der Waals surface area (Å²) >= 11 is 5.93. The largest absolute Gasteiger partial charge is 0.452 e. The first kappa shape index (κ1) is 23.2. The second-order valence-electron chi connectivity index (χ2n) is 6.65. The summed E-state index contributed by atoms with van der Waals surface area (Å²) in [6.45, 7) is 0. The predicted molar refractivity (Wildman–Crippen MR) is 105 cm³/mol. The van der Waals surface area contributed by atoms with Crippen molar-refractivity contribution in [1.29, 1.82) is 0 Å². The number of rotatable bonds is 4. The molecule has 2 aromatic carbocycles. The van der Waals surface area contributed by atoms with Gasteiger partial charge in [0.15, 0.2) is 5.69 Å². The molecule has 4 aromatic rings. The van der Waals surface area contributed by atoms with Crippen LogP contribution in [0.3, 0.4) is 0 Å². The number of oxazole rings is 1. The van der Waals surface area contributed by atoms with Gasteiger partial charge < -0.3 is 9.73 Å². The summed E-state index contributed by atoms with van der Waals surface area (Å²) in [5.74, 6) is -3.73. The van der Waals surface area contributed by atoms with Crippen molar-refractivity contribution in [2.75, 3.05) is 5.32 Å². The summed E-state index contributed by atoms with van der Waals surface area (Å²) < 4.78 is 83.6. The van der Waals surface area contributed by atoms with E-state index in [4.69, 9.17) is 16.0 Å². The first-order valence-electron chi connectivity index (χ1n) is 9.04. The molecule has 0 saturated heterocycles. The number of hydrogen-bond donors (Lipinski definition) is 2. The van der Waals surface area contributed by atoms with Gasteiger partial charge in [-0.05, 0) is 47.7 Å². The minimum Gasteiger partial charge on any atom is -0.431 e. The van der Waals surface area contributed by atoms with Crippen molar-refractivity contribution in [2.45, 2.75) is 12.4 Å². The maximum absolute atomic E-state index is 13.5. The minimum absolute atomic E-state index is 0.0219. The molecule has 0 unspecified atom stereocenters. The molecule has 0 atom stereocenters. The molecule has 0 aliphatic heterocycles. The maximum Gasteiger partial charge on any atom is 0.452 e. The molecule has 0 radical (unpaired) electrons. The lowest BCUT2D eigenvalue weighted by Gasteiger charge is -2.09. The molecule has 0 saturated carbocycles. The highest BCUT2D eigenvalue weighted by Gasteiger charge is 2.42. The number of carbonyl (C=O) groups excluding carboxylic acids is 1. The zero-order valence-electron chi connectivity index (χ0n) is 16.3. The van der Waals surface area contributed by atoms with Crippen LogP contribution in [0.2, 0.25) is 5.02 Å². The van der Waals surface area contributed by atoms with Crippen molar-refractivity contribution in [2.24, 2.45) is 0 Å². The molecule has 0 spiro atoms. The number of halogens is 7. The lowest BCUT2D eigenvalue weighted by atomic mass is 10.1. The zero-order chi connectivity index (χ0) is 24.7. The van der Waals surface area contributed by atoms with Gasteiger partial charge in [-0.25, -0.2) is 4.98 Å². The van der Waals surface area contributed by atoms with Crippen LogP contribution in [-0.4, -0.2) is 31.5 Å². The summed E-state index contributed by atoms with van der Waals surface area (Å²) in [4.78, 5) is 16.3. The molecule has 2 heterocycles. The number of nitrogens with one attached hydrogen (secondary N) is 2. The molecule has 0 fully saturated rings. The van der Waals surface area contributed by atoms with Gasteiger partial charge in [0, 0.05) is 16.1 Å². The monoisotopic (exact) mass is 502 g/mol. The van der Waals surface area contributed by atoms with Crippen molar-refractivity contribution in [3.8, 4) is 22.8 Å². The number of alkyl halides is 6. The average molecular weight is 503 g/mol. The first-order valence-corrected chi connectivity index (χ1v) is 9.41. The van der Waals surface area contributed by atoms with E-state index in [1.807, 2.05) is 0 Å². The quantitative estimate of drug-likeness (QED) is 0.358. The van der Waals surface area contributed by atoms with E-state index in [2.05, 4.69) is 30.9 Å². The van der Waals surface area contributed by atoms with Crippen LogP contribution in [0.1, 0.15) is 21.8 Å². The summed E-state index contributed by atoms with van der Waals surface area (Å²) in [6, 6.07) is 7.14. The van der Waals surface area contributed by atoms with Crippen LogP contribution in [0.5, 0.6) is 0 Å². The first-order chi connectivity index (χ1) is 15.9. The molecule has 1 amide bonds. The molecular weight excluding hydrogens is 494 g/mol. The van der Waals surface area contributed by atoms with E-state index >= 15 is 0 Å². The number of carbonyl (C=O) groups is 1. The van der Waals surface area contributed by atoms with Crippen molar-refractivity contribution < 1.29 is 35.6 Å². The number of aromatic nitrogens is 5. The Labute approximate surface area is 189 Å². The number of anilines is 1. The van der Waals surface area contributed by atoms with Crippen LogP contribution in [0.15, 0.2) is 46.9 Å². The molecule has 2 N–H and O–H groups in total. The van der Waals surface area contributed by atoms with Crippen molar-refractivity contribution in [1.82, 2.24) is 25.6 Å². The molecule has 15 heteroatoms. The number of H-pyrrole nitrogens is 1. The Morgan fingerprint density at radius 1 is 1.00 bits per heavy atom. The highest BCUT2D eigenvalue weighted by molar-refractivity contribution is 6.31. The van der Waals surface area contributed by atoms with E-state index in [0.29, 0.717) is 12.1 Å². The van der Waals surface area contributed by atoms with E-state index in [0.717, 1.165) is 12.1 Å². The van der Waals surface area contributed by atoms with Gasteiger partial charge in [-0.15, -0.1) is 10.2 Å². The highest BCUT2D eigenvalue weighted by atomic mass is 35.5. The third-order valence-corrected chi connectivity index (χ3v) is 4.61. The molecule has 0 bridgehead atoms. The van der Waals surface area contributed by atoms with E-state index in [9.17, 15) is 31.1 Å². The molecular formula is C19H9ClF6N6O2. The van der Waals surface area contributed by atoms with Crippen molar-refractivity contribution >= 4 is 23.2 Å². The molecule has 34 heavy (non-hydrogen) atoms. The maximum atomic E-state index is 13.5. The number of hydrogen-bond acceptors (Lipinski definition) is 6. The van der Waals surface area contributed by atoms with E-state index in [1.54, 1.807) is 0 Å². The van der Waals surface area contributed by atoms with Crippen LogP contribution in [0, 0.1) is 0 Å². The third-order valence-electron chi connectivity index (χ3n) is 4.37.